The molecule has 1 heterocycles. The van der Waals surface area contributed by atoms with Crippen molar-refractivity contribution >= 4 is 24.0 Å². The summed E-state index contributed by atoms with van der Waals surface area (Å²) >= 11 is 0. The molecule has 0 saturated heterocycles. The summed E-state index contributed by atoms with van der Waals surface area (Å²) in [6.45, 7) is 2.40. The van der Waals surface area contributed by atoms with Crippen LogP contribution in [0, 0.1) is 0 Å². The highest BCUT2D eigenvalue weighted by Gasteiger charge is 2.19. The van der Waals surface area contributed by atoms with Gasteiger partial charge < -0.3 is 0 Å². The molecule has 0 aliphatic carbocycles. The van der Waals surface area contributed by atoms with E-state index in [2.05, 4.69) is 43.1 Å². The Labute approximate surface area is 85.7 Å². The molecule has 1 aliphatic heterocycles. The fourth-order valence-corrected chi connectivity index (χ4v) is 4.17. The molecule has 2 aromatic carbocycles. The summed E-state index contributed by atoms with van der Waals surface area (Å²) < 4.78 is 0. The highest BCUT2D eigenvalue weighted by Crippen LogP contribution is 2.40. The third-order valence-corrected chi connectivity index (χ3v) is 5.26. The number of hydrogen-bond acceptors (Lipinski definition) is 0. The highest BCUT2D eigenvalue weighted by atomic mass is 31.1. The highest BCUT2D eigenvalue weighted by molar-refractivity contribution is 7.65. The maximum absolute atomic E-state index is 2.40. The summed E-state index contributed by atoms with van der Waals surface area (Å²) in [5, 5.41) is 4.52. The van der Waals surface area contributed by atoms with Crippen LogP contribution >= 0.6 is 7.92 Å². The molecule has 0 aromatic heterocycles. The monoisotopic (exact) mass is 200 g/mol. The molecular weight excluding hydrogens is 187 g/mol. The number of fused-ring (bicyclic) bond motifs is 3. The maximum Gasteiger partial charge on any atom is -0.0145 e. The molecule has 0 bridgehead atoms. The van der Waals surface area contributed by atoms with Crippen LogP contribution in [-0.2, 0) is 6.42 Å². The zero-order valence-corrected chi connectivity index (χ0v) is 9.22. The van der Waals surface area contributed by atoms with Crippen LogP contribution in [0.2, 0.25) is 0 Å². The van der Waals surface area contributed by atoms with Gasteiger partial charge in [0.15, 0.2) is 0 Å². The van der Waals surface area contributed by atoms with Crippen molar-refractivity contribution in [3.05, 3.63) is 42.0 Å². The van der Waals surface area contributed by atoms with E-state index >= 15 is 0 Å². The Hall–Kier alpha value is -0.870. The van der Waals surface area contributed by atoms with Gasteiger partial charge >= 0.3 is 0 Å². The van der Waals surface area contributed by atoms with Gasteiger partial charge in [-0.2, -0.15) is 0 Å². The molecule has 3 rings (SSSR count). The van der Waals surface area contributed by atoms with Crippen LogP contribution in [0.15, 0.2) is 36.4 Å². The quantitative estimate of drug-likeness (QED) is 0.573. The largest absolute Gasteiger partial charge is 0.0778 e. The van der Waals surface area contributed by atoms with Crippen molar-refractivity contribution in [3.8, 4) is 0 Å². The van der Waals surface area contributed by atoms with Crippen LogP contribution < -0.4 is 5.30 Å². The summed E-state index contributed by atoms with van der Waals surface area (Å²) in [6.07, 6.45) is 2.68. The second-order valence-corrected chi connectivity index (χ2v) is 6.28. The Balaban J connectivity index is 2.38. The van der Waals surface area contributed by atoms with Gasteiger partial charge in [0.1, 0.15) is 0 Å². The van der Waals surface area contributed by atoms with E-state index in [1.165, 1.54) is 23.4 Å². The van der Waals surface area contributed by atoms with E-state index in [9.17, 15) is 0 Å². The minimum Gasteiger partial charge on any atom is -0.0778 e. The molecule has 70 valence electrons. The topological polar surface area (TPSA) is 0 Å². The Kier molecular flexibility index (Phi) is 1.85. The number of rotatable bonds is 0. The van der Waals surface area contributed by atoms with Gasteiger partial charge in [-0.05, 0) is 40.9 Å². The molecule has 2 aromatic rings. The molecule has 1 aliphatic rings. The molecule has 0 radical (unpaired) electrons. The summed E-state index contributed by atoms with van der Waals surface area (Å²) in [5.41, 5.74) is 1.62. The Bertz CT molecular complexity index is 488. The van der Waals surface area contributed by atoms with Gasteiger partial charge in [0, 0.05) is 0 Å². The zero-order chi connectivity index (χ0) is 9.54. The summed E-state index contributed by atoms with van der Waals surface area (Å²) in [7, 11) is 0.146. The van der Waals surface area contributed by atoms with Crippen LogP contribution in [0.3, 0.4) is 0 Å². The second kappa shape index (κ2) is 3.07. The molecule has 1 unspecified atom stereocenters. The standard InChI is InChI=1S/C13H13P/c1-14-9-8-12-11-5-3-2-4-10(11)6-7-13(12)14/h2-7H,8-9H2,1H3. The van der Waals surface area contributed by atoms with Crippen molar-refractivity contribution in [1.82, 2.24) is 0 Å². The first-order valence-electron chi connectivity index (χ1n) is 5.08. The Morgan fingerprint density at radius 2 is 1.93 bits per heavy atom. The molecule has 0 fully saturated rings. The van der Waals surface area contributed by atoms with Crippen LogP contribution in [-0.4, -0.2) is 12.8 Å². The Morgan fingerprint density at radius 3 is 2.86 bits per heavy atom. The summed E-state index contributed by atoms with van der Waals surface area (Å²) in [5.74, 6) is 0. The predicted octanol–water partition coefficient (Wildman–Crippen LogP) is 3.13. The van der Waals surface area contributed by atoms with Crippen molar-refractivity contribution in [2.45, 2.75) is 6.42 Å². The molecule has 0 nitrogen and oxygen atoms in total. The van der Waals surface area contributed by atoms with E-state index in [-0.39, 0.29) is 7.92 Å². The van der Waals surface area contributed by atoms with Crippen molar-refractivity contribution in [2.75, 3.05) is 12.8 Å². The number of benzene rings is 2. The first-order chi connectivity index (χ1) is 6.86. The van der Waals surface area contributed by atoms with Crippen molar-refractivity contribution < 1.29 is 0 Å². The van der Waals surface area contributed by atoms with Crippen LogP contribution in [0.4, 0.5) is 0 Å². The lowest BCUT2D eigenvalue weighted by Crippen LogP contribution is -1.99. The van der Waals surface area contributed by atoms with E-state index in [1.807, 2.05) is 0 Å². The van der Waals surface area contributed by atoms with Crippen LogP contribution in [0.1, 0.15) is 5.56 Å². The smallest absolute Gasteiger partial charge is 0.0145 e. The van der Waals surface area contributed by atoms with Crippen molar-refractivity contribution in [3.63, 3.8) is 0 Å². The van der Waals surface area contributed by atoms with Crippen molar-refractivity contribution in [1.29, 1.82) is 0 Å². The van der Waals surface area contributed by atoms with Gasteiger partial charge in [0.2, 0.25) is 0 Å². The molecule has 14 heavy (non-hydrogen) atoms. The lowest BCUT2D eigenvalue weighted by Gasteiger charge is -2.07. The summed E-state index contributed by atoms with van der Waals surface area (Å²) in [4.78, 5) is 0. The maximum atomic E-state index is 2.40. The van der Waals surface area contributed by atoms with Gasteiger partial charge in [-0.1, -0.05) is 44.3 Å². The third-order valence-electron chi connectivity index (χ3n) is 3.12. The lowest BCUT2D eigenvalue weighted by atomic mass is 10.0. The minimum absolute atomic E-state index is 0.146. The van der Waals surface area contributed by atoms with E-state index < -0.39 is 0 Å². The predicted molar refractivity (Wildman–Crippen MR) is 65.0 cm³/mol. The lowest BCUT2D eigenvalue weighted by molar-refractivity contribution is 1.21. The van der Waals surface area contributed by atoms with E-state index in [1.54, 1.807) is 10.9 Å². The van der Waals surface area contributed by atoms with Gasteiger partial charge in [0.05, 0.1) is 0 Å². The van der Waals surface area contributed by atoms with E-state index in [0.717, 1.165) is 0 Å². The molecule has 0 N–H and O–H groups in total. The van der Waals surface area contributed by atoms with Gasteiger partial charge in [-0.3, -0.25) is 0 Å². The normalized spacial score (nSPS) is 19.9. The van der Waals surface area contributed by atoms with Gasteiger partial charge in [0.25, 0.3) is 0 Å². The average Bonchev–Trinajstić information content (AvgIpc) is 2.61. The SMILES string of the molecule is CP1CCc2c1ccc1ccccc21. The van der Waals surface area contributed by atoms with E-state index in [4.69, 9.17) is 0 Å². The molecular formula is C13H13P. The number of hydrogen-bond donors (Lipinski definition) is 0. The van der Waals surface area contributed by atoms with Gasteiger partial charge in [-0.25, -0.2) is 0 Å². The second-order valence-electron chi connectivity index (χ2n) is 3.96. The summed E-state index contributed by atoms with van der Waals surface area (Å²) in [6, 6.07) is 13.4. The van der Waals surface area contributed by atoms with Gasteiger partial charge in [-0.15, -0.1) is 0 Å². The fourth-order valence-electron chi connectivity index (χ4n) is 2.34. The Morgan fingerprint density at radius 1 is 1.07 bits per heavy atom. The molecule has 0 spiro atoms. The average molecular weight is 200 g/mol. The van der Waals surface area contributed by atoms with Crippen LogP contribution in [0.25, 0.3) is 10.8 Å². The first-order valence-corrected chi connectivity index (χ1v) is 7.05. The minimum atomic E-state index is 0.146. The van der Waals surface area contributed by atoms with Crippen LogP contribution in [0.5, 0.6) is 0 Å². The molecule has 0 saturated carbocycles. The molecule has 1 atom stereocenters. The molecule has 1 heteroatoms. The third kappa shape index (κ3) is 1.11. The van der Waals surface area contributed by atoms with Crippen molar-refractivity contribution in [2.24, 2.45) is 0 Å². The fraction of sp³-hybridized carbons (Fsp3) is 0.231. The molecule has 0 amide bonds. The van der Waals surface area contributed by atoms with E-state index in [0.29, 0.717) is 0 Å². The zero-order valence-electron chi connectivity index (χ0n) is 8.33. The first kappa shape index (κ1) is 8.44. The number of aryl methyl sites for hydroxylation is 1.